The first-order valence-corrected chi connectivity index (χ1v) is 8.15. The molecule has 5 heteroatoms. The van der Waals surface area contributed by atoms with Crippen LogP contribution in [-0.4, -0.2) is 28.5 Å². The maximum absolute atomic E-state index is 5.68. The van der Waals surface area contributed by atoms with Gasteiger partial charge < -0.3 is 9.73 Å². The number of aromatic nitrogens is 2. The molecule has 0 amide bonds. The summed E-state index contributed by atoms with van der Waals surface area (Å²) in [7, 11) is 0. The Morgan fingerprint density at radius 1 is 1.20 bits per heavy atom. The maximum Gasteiger partial charge on any atom is 0.276 e. The highest BCUT2D eigenvalue weighted by Crippen LogP contribution is 2.24. The lowest BCUT2D eigenvalue weighted by atomic mass is 10.0. The fraction of sp³-hybridized carbons (Fsp3) is 0.467. The summed E-state index contributed by atoms with van der Waals surface area (Å²) in [4.78, 5) is 0. The van der Waals surface area contributed by atoms with E-state index in [9.17, 15) is 0 Å². The summed E-state index contributed by atoms with van der Waals surface area (Å²) in [5, 5.41) is 12.4. The van der Waals surface area contributed by atoms with Gasteiger partial charge in [-0.2, -0.15) is 0 Å². The molecule has 2 aromatic rings. The Bertz CT molecular complexity index is 523. The molecular weight excluding hydrogens is 270 g/mol. The molecule has 3 rings (SSSR count). The highest BCUT2D eigenvalue weighted by molar-refractivity contribution is 7.99. The Kier molecular flexibility index (Phi) is 4.71. The van der Waals surface area contributed by atoms with E-state index in [-0.39, 0.29) is 0 Å². The second-order valence-corrected chi connectivity index (χ2v) is 6.07. The van der Waals surface area contributed by atoms with Gasteiger partial charge in [0.2, 0.25) is 5.89 Å². The van der Waals surface area contributed by atoms with Gasteiger partial charge in [-0.1, -0.05) is 36.4 Å². The molecule has 0 spiro atoms. The van der Waals surface area contributed by atoms with Crippen LogP contribution in [0.3, 0.4) is 0 Å². The largest absolute Gasteiger partial charge is 0.411 e. The molecule has 1 fully saturated rings. The van der Waals surface area contributed by atoms with Crippen molar-refractivity contribution in [1.82, 2.24) is 15.5 Å². The van der Waals surface area contributed by atoms with Crippen LogP contribution in [0, 0.1) is 0 Å². The van der Waals surface area contributed by atoms with Crippen molar-refractivity contribution in [2.45, 2.75) is 36.9 Å². The Morgan fingerprint density at radius 3 is 2.90 bits per heavy atom. The molecule has 0 aliphatic carbocycles. The Morgan fingerprint density at radius 2 is 2.10 bits per heavy atom. The van der Waals surface area contributed by atoms with Crippen LogP contribution in [-0.2, 0) is 0 Å². The predicted molar refractivity (Wildman–Crippen MR) is 80.7 cm³/mol. The molecule has 1 atom stereocenters. The number of benzene rings is 1. The molecule has 1 aliphatic heterocycles. The van der Waals surface area contributed by atoms with E-state index in [1.54, 1.807) is 11.8 Å². The van der Waals surface area contributed by atoms with E-state index in [1.165, 1.54) is 19.3 Å². The first-order valence-electron chi connectivity index (χ1n) is 7.17. The molecule has 2 heterocycles. The summed E-state index contributed by atoms with van der Waals surface area (Å²) in [6, 6.07) is 10.5. The number of nitrogens with zero attached hydrogens (tertiary/aromatic N) is 2. The summed E-state index contributed by atoms with van der Waals surface area (Å²) >= 11 is 1.65. The third-order valence-electron chi connectivity index (χ3n) is 3.53. The van der Waals surface area contributed by atoms with E-state index in [0.717, 1.165) is 24.3 Å². The van der Waals surface area contributed by atoms with Crippen molar-refractivity contribution in [3.8, 4) is 11.5 Å². The van der Waals surface area contributed by atoms with Crippen LogP contribution in [0.4, 0.5) is 0 Å². The molecule has 4 nitrogen and oxygen atoms in total. The summed E-state index contributed by atoms with van der Waals surface area (Å²) in [5.41, 5.74) is 0.973. The lowest BCUT2D eigenvalue weighted by molar-refractivity contribution is 0.394. The standard InChI is InChI=1S/C15H19N3OS/c1-2-6-12(7-3-1)14-17-18-15(19-14)20-11-9-13-8-4-5-10-16-13/h1-3,6-7,13,16H,4-5,8-11H2/t13-/m1/s1. The smallest absolute Gasteiger partial charge is 0.276 e. The average molecular weight is 289 g/mol. The highest BCUT2D eigenvalue weighted by atomic mass is 32.2. The lowest BCUT2D eigenvalue weighted by Gasteiger charge is -2.22. The van der Waals surface area contributed by atoms with Crippen molar-refractivity contribution in [2.24, 2.45) is 0 Å². The van der Waals surface area contributed by atoms with Crippen LogP contribution in [0.15, 0.2) is 40.0 Å². The van der Waals surface area contributed by atoms with Crippen LogP contribution in [0.25, 0.3) is 11.5 Å². The van der Waals surface area contributed by atoms with Gasteiger partial charge in [-0.15, -0.1) is 10.2 Å². The minimum Gasteiger partial charge on any atom is -0.411 e. The van der Waals surface area contributed by atoms with Crippen LogP contribution in [0.2, 0.25) is 0 Å². The first kappa shape index (κ1) is 13.6. The number of thioether (sulfide) groups is 1. The fourth-order valence-corrected chi connectivity index (χ4v) is 3.24. The Labute approximate surface area is 123 Å². The van der Waals surface area contributed by atoms with Crippen LogP contribution in [0.1, 0.15) is 25.7 Å². The van der Waals surface area contributed by atoms with E-state index in [1.807, 2.05) is 30.3 Å². The van der Waals surface area contributed by atoms with E-state index in [4.69, 9.17) is 4.42 Å². The molecule has 0 saturated carbocycles. The van der Waals surface area contributed by atoms with Gasteiger partial charge in [-0.3, -0.25) is 0 Å². The molecule has 20 heavy (non-hydrogen) atoms. The molecule has 1 aliphatic rings. The van der Waals surface area contributed by atoms with E-state index < -0.39 is 0 Å². The molecule has 0 unspecified atom stereocenters. The van der Waals surface area contributed by atoms with Crippen molar-refractivity contribution in [1.29, 1.82) is 0 Å². The first-order chi connectivity index (χ1) is 9.92. The van der Waals surface area contributed by atoms with E-state index in [2.05, 4.69) is 15.5 Å². The normalized spacial score (nSPS) is 19.1. The Hall–Kier alpha value is -1.33. The summed E-state index contributed by atoms with van der Waals surface area (Å²) < 4.78 is 5.68. The molecule has 1 saturated heterocycles. The highest BCUT2D eigenvalue weighted by Gasteiger charge is 2.13. The van der Waals surface area contributed by atoms with Gasteiger partial charge in [-0.05, 0) is 37.9 Å². The number of rotatable bonds is 5. The molecule has 0 bridgehead atoms. The average Bonchev–Trinajstić information content (AvgIpc) is 2.98. The van der Waals surface area contributed by atoms with Gasteiger partial charge in [0.15, 0.2) is 0 Å². The number of hydrogen-bond donors (Lipinski definition) is 1. The fourth-order valence-electron chi connectivity index (χ4n) is 2.42. The van der Waals surface area contributed by atoms with Gasteiger partial charge in [0, 0.05) is 17.4 Å². The summed E-state index contributed by atoms with van der Waals surface area (Å²) in [5.74, 6) is 1.62. The van der Waals surface area contributed by atoms with E-state index >= 15 is 0 Å². The predicted octanol–water partition coefficient (Wildman–Crippen LogP) is 3.36. The second-order valence-electron chi connectivity index (χ2n) is 5.02. The zero-order valence-corrected chi connectivity index (χ0v) is 12.2. The summed E-state index contributed by atoms with van der Waals surface area (Å²) in [6.45, 7) is 1.16. The topological polar surface area (TPSA) is 51.0 Å². The molecule has 1 aromatic carbocycles. The monoisotopic (exact) mass is 289 g/mol. The molecule has 1 N–H and O–H groups in total. The van der Waals surface area contributed by atoms with Crippen molar-refractivity contribution < 1.29 is 4.42 Å². The van der Waals surface area contributed by atoms with Crippen molar-refractivity contribution in [3.63, 3.8) is 0 Å². The van der Waals surface area contributed by atoms with E-state index in [0.29, 0.717) is 17.2 Å². The van der Waals surface area contributed by atoms with Gasteiger partial charge in [0.25, 0.3) is 5.22 Å². The minimum absolute atomic E-state index is 0.601. The molecular formula is C15H19N3OS. The quantitative estimate of drug-likeness (QED) is 0.855. The molecule has 106 valence electrons. The van der Waals surface area contributed by atoms with Crippen LogP contribution >= 0.6 is 11.8 Å². The zero-order chi connectivity index (χ0) is 13.6. The number of nitrogens with one attached hydrogen (secondary N) is 1. The van der Waals surface area contributed by atoms with Crippen molar-refractivity contribution in [3.05, 3.63) is 30.3 Å². The van der Waals surface area contributed by atoms with Crippen LogP contribution in [0.5, 0.6) is 0 Å². The van der Waals surface area contributed by atoms with Crippen molar-refractivity contribution in [2.75, 3.05) is 12.3 Å². The second kappa shape index (κ2) is 6.90. The lowest BCUT2D eigenvalue weighted by Crippen LogP contribution is -2.34. The zero-order valence-electron chi connectivity index (χ0n) is 11.4. The molecule has 1 aromatic heterocycles. The third kappa shape index (κ3) is 3.61. The SMILES string of the molecule is c1ccc(-c2nnc(SCC[C@H]3CCCCN3)o2)cc1. The summed E-state index contributed by atoms with van der Waals surface area (Å²) in [6.07, 6.45) is 5.11. The van der Waals surface area contributed by atoms with Gasteiger partial charge in [-0.25, -0.2) is 0 Å². The number of hydrogen-bond acceptors (Lipinski definition) is 5. The van der Waals surface area contributed by atoms with Gasteiger partial charge >= 0.3 is 0 Å². The van der Waals surface area contributed by atoms with Gasteiger partial charge in [0.1, 0.15) is 0 Å². The maximum atomic E-state index is 5.68. The molecule has 0 radical (unpaired) electrons. The van der Waals surface area contributed by atoms with Crippen molar-refractivity contribution >= 4 is 11.8 Å². The van der Waals surface area contributed by atoms with Gasteiger partial charge in [0.05, 0.1) is 0 Å². The Balaban J connectivity index is 1.50. The number of piperidine rings is 1. The third-order valence-corrected chi connectivity index (χ3v) is 4.38. The minimum atomic E-state index is 0.601. The van der Waals surface area contributed by atoms with Crippen LogP contribution < -0.4 is 5.32 Å².